The van der Waals surface area contributed by atoms with Gasteiger partial charge in [0.25, 0.3) is 6.64 Å². The maximum atomic E-state index is 8.77. The molecule has 3 N–H and O–H groups in total. The highest BCUT2D eigenvalue weighted by Crippen LogP contribution is 2.34. The summed E-state index contributed by atoms with van der Waals surface area (Å²) in [6, 6.07) is 0. The molecule has 0 atom stereocenters. The Morgan fingerprint density at radius 1 is 1.45 bits per heavy atom. The molecule has 0 aromatic carbocycles. The third-order valence-corrected chi connectivity index (χ3v) is 1.62. The molecule has 7 heteroatoms. The van der Waals surface area contributed by atoms with Gasteiger partial charge in [-0.2, -0.15) is 0 Å². The van der Waals surface area contributed by atoms with Gasteiger partial charge >= 0.3 is 0 Å². The molecule has 0 aliphatic heterocycles. The summed E-state index contributed by atoms with van der Waals surface area (Å²) in [5.41, 5.74) is 0. The summed E-state index contributed by atoms with van der Waals surface area (Å²) in [7, 11) is 0. The van der Waals surface area contributed by atoms with E-state index in [0.29, 0.717) is 0 Å². The van der Waals surface area contributed by atoms with Gasteiger partial charge in [-0.25, -0.2) is 4.98 Å². The molecule has 1 heterocycles. The quantitative estimate of drug-likeness (QED) is 0.575. The summed E-state index contributed by atoms with van der Waals surface area (Å²) in [5, 5.41) is 2.24. The molecule has 0 amide bonds. The first-order valence-electron chi connectivity index (χ1n) is 2.68. The lowest BCUT2D eigenvalue weighted by Crippen LogP contribution is -1.96. The van der Waals surface area contributed by atoms with Crippen LogP contribution in [0.4, 0.5) is 5.82 Å². The van der Waals surface area contributed by atoms with Crippen LogP contribution in [0.25, 0.3) is 0 Å². The molecule has 0 fully saturated rings. The summed E-state index contributed by atoms with van der Waals surface area (Å²) in [6.07, 6.45) is 4.25. The fraction of sp³-hybridized carbons (Fsp3) is 0. The van der Waals surface area contributed by atoms with Crippen LogP contribution >= 0.6 is 6.64 Å². The second kappa shape index (κ2) is 3.23. The number of hydrogen-bond acceptors (Lipinski definition) is 3. The van der Waals surface area contributed by atoms with Crippen LogP contribution in [0.3, 0.4) is 0 Å². The Labute approximate surface area is 68.4 Å². The van der Waals surface area contributed by atoms with Crippen molar-refractivity contribution in [3.05, 3.63) is 18.6 Å². The topological polar surface area (TPSA) is 78.3 Å². The largest absolute Gasteiger partial charge is 0.330 e. The summed E-state index contributed by atoms with van der Waals surface area (Å²) in [4.78, 5) is 25.0. The summed E-state index contributed by atoms with van der Waals surface area (Å²) in [6.45, 7) is -3.41. The molecule has 0 bridgehead atoms. The van der Waals surface area contributed by atoms with Gasteiger partial charge in [0.05, 0.1) is 6.20 Å². The zero-order chi connectivity index (χ0) is 8.32. The van der Waals surface area contributed by atoms with Crippen LogP contribution in [-0.4, -0.2) is 19.8 Å². The minimum absolute atomic E-state index is 0.265. The number of hydrogen-bond donors (Lipinski definition) is 3. The smallest absolute Gasteiger partial charge is 0.283 e. The Morgan fingerprint density at radius 3 is 2.64 bits per heavy atom. The monoisotopic (exact) mass is 191 g/mol. The van der Waals surface area contributed by atoms with Crippen molar-refractivity contribution < 1.29 is 9.79 Å². The van der Waals surface area contributed by atoms with Gasteiger partial charge in [0, 0.05) is 12.4 Å². The predicted octanol–water partition coefficient (Wildman–Crippen LogP) is 0.0976. The minimum Gasteiger partial charge on any atom is -0.330 e. The van der Waals surface area contributed by atoms with Gasteiger partial charge in [-0.15, -0.1) is 0 Å². The van der Waals surface area contributed by atoms with Crippen molar-refractivity contribution >= 4 is 24.3 Å². The lowest BCUT2D eigenvalue weighted by molar-refractivity contribution is 0.486. The van der Waals surface area contributed by atoms with E-state index in [-0.39, 0.29) is 5.82 Å². The highest BCUT2D eigenvalue weighted by atomic mass is 32.5. The van der Waals surface area contributed by atoms with E-state index in [1.54, 1.807) is 0 Å². The molecule has 60 valence electrons. The first-order valence-corrected chi connectivity index (χ1v) is 5.38. The minimum atomic E-state index is -3.41. The van der Waals surface area contributed by atoms with Gasteiger partial charge in [0.2, 0.25) is 0 Å². The molecule has 1 aromatic rings. The molecule has 11 heavy (non-hydrogen) atoms. The van der Waals surface area contributed by atoms with Crippen molar-refractivity contribution in [3.63, 3.8) is 0 Å². The van der Waals surface area contributed by atoms with E-state index in [0.717, 1.165) is 0 Å². The Hall–Kier alpha value is -0.550. The second-order valence-electron chi connectivity index (χ2n) is 1.75. The first kappa shape index (κ1) is 8.55. The van der Waals surface area contributed by atoms with Crippen molar-refractivity contribution in [1.29, 1.82) is 0 Å². The van der Waals surface area contributed by atoms with Crippen LogP contribution in [0.1, 0.15) is 0 Å². The summed E-state index contributed by atoms with van der Waals surface area (Å²) < 4.78 is 0. The van der Waals surface area contributed by atoms with E-state index in [1.807, 2.05) is 0 Å². The Morgan fingerprint density at radius 2 is 2.18 bits per heavy atom. The third kappa shape index (κ3) is 3.38. The van der Waals surface area contributed by atoms with Crippen molar-refractivity contribution in [3.8, 4) is 0 Å². The molecule has 0 saturated carbocycles. The maximum absolute atomic E-state index is 8.77. The van der Waals surface area contributed by atoms with Gasteiger partial charge in [-0.1, -0.05) is 0 Å². The Kier molecular flexibility index (Phi) is 2.51. The highest BCUT2D eigenvalue weighted by Gasteiger charge is 2.06. The molecule has 0 spiro atoms. The van der Waals surface area contributed by atoms with E-state index >= 15 is 0 Å². The van der Waals surface area contributed by atoms with Gasteiger partial charge in [0.15, 0.2) is 5.82 Å². The lowest BCUT2D eigenvalue weighted by Gasteiger charge is -2.08. The maximum Gasteiger partial charge on any atom is 0.283 e. The van der Waals surface area contributed by atoms with E-state index in [1.165, 1.54) is 18.6 Å². The number of nitrogens with zero attached hydrogens (tertiary/aromatic N) is 2. The third-order valence-electron chi connectivity index (χ3n) is 0.823. The van der Waals surface area contributed by atoms with Crippen LogP contribution in [0, 0.1) is 0 Å². The Bertz CT molecular complexity index is 274. The Balaban J connectivity index is 2.74. The fourth-order valence-electron chi connectivity index (χ4n) is 0.506. The molecular formula is C4H6N3O2PS. The van der Waals surface area contributed by atoms with Crippen LogP contribution < -0.4 is 5.09 Å². The van der Waals surface area contributed by atoms with Crippen molar-refractivity contribution in [2.75, 3.05) is 5.09 Å². The van der Waals surface area contributed by atoms with E-state index < -0.39 is 6.64 Å². The van der Waals surface area contributed by atoms with E-state index in [4.69, 9.17) is 9.79 Å². The SMILES string of the molecule is OP(O)(=S)Nc1cnccn1. The molecule has 0 unspecified atom stereocenters. The second-order valence-corrected chi connectivity index (χ2v) is 4.59. The zero-order valence-corrected chi connectivity index (χ0v) is 7.09. The number of aromatic nitrogens is 2. The average Bonchev–Trinajstić information content (AvgIpc) is 1.85. The van der Waals surface area contributed by atoms with Gasteiger partial charge in [-0.3, -0.25) is 10.1 Å². The summed E-state index contributed by atoms with van der Waals surface area (Å²) in [5.74, 6) is 0.265. The van der Waals surface area contributed by atoms with Crippen molar-refractivity contribution in [2.45, 2.75) is 0 Å². The number of rotatable bonds is 2. The molecule has 1 rings (SSSR count). The van der Waals surface area contributed by atoms with Gasteiger partial charge < -0.3 is 9.79 Å². The van der Waals surface area contributed by atoms with Crippen LogP contribution in [0.15, 0.2) is 18.6 Å². The van der Waals surface area contributed by atoms with Crippen LogP contribution in [-0.2, 0) is 11.8 Å². The normalized spacial score (nSPS) is 11.1. The van der Waals surface area contributed by atoms with Crippen molar-refractivity contribution in [2.24, 2.45) is 0 Å². The molecule has 0 aliphatic rings. The van der Waals surface area contributed by atoms with Gasteiger partial charge in [0.1, 0.15) is 0 Å². The first-order chi connectivity index (χ1) is 5.08. The molecule has 0 aliphatic carbocycles. The molecule has 5 nitrogen and oxygen atoms in total. The van der Waals surface area contributed by atoms with Crippen LogP contribution in [0.2, 0.25) is 0 Å². The van der Waals surface area contributed by atoms with E-state index in [2.05, 4.69) is 26.9 Å². The summed E-state index contributed by atoms with van der Waals surface area (Å²) >= 11 is 4.31. The molecule has 0 saturated heterocycles. The molecular weight excluding hydrogens is 185 g/mol. The standard InChI is InChI=1S/C4H6N3O2PS/c8-10(9,11)7-4-3-5-1-2-6-4/h1-3H,(H3,6,7,8,9,11). The van der Waals surface area contributed by atoms with Gasteiger partial charge in [-0.05, 0) is 11.8 Å². The number of nitrogens with one attached hydrogen (secondary N) is 1. The highest BCUT2D eigenvalue weighted by molar-refractivity contribution is 8.09. The predicted molar refractivity (Wildman–Crippen MR) is 44.4 cm³/mol. The van der Waals surface area contributed by atoms with Crippen molar-refractivity contribution in [1.82, 2.24) is 9.97 Å². The number of anilines is 1. The molecule has 0 radical (unpaired) electrons. The zero-order valence-electron chi connectivity index (χ0n) is 5.38. The average molecular weight is 191 g/mol. The lowest BCUT2D eigenvalue weighted by atomic mass is 10.7. The fourth-order valence-corrected chi connectivity index (χ4v) is 1.20. The van der Waals surface area contributed by atoms with E-state index in [9.17, 15) is 0 Å². The van der Waals surface area contributed by atoms with Crippen LogP contribution in [0.5, 0.6) is 0 Å². The molecule has 1 aromatic heterocycles.